The van der Waals surface area contributed by atoms with E-state index in [0.717, 1.165) is 32.2 Å². The molecule has 0 radical (unpaired) electrons. The van der Waals surface area contributed by atoms with Gasteiger partial charge in [-0.2, -0.15) is 0 Å². The second-order valence-corrected chi connectivity index (χ2v) is 5.78. The molecular weight excluding hydrogens is 280 g/mol. The molecule has 2 rings (SSSR count). The van der Waals surface area contributed by atoms with Crippen molar-refractivity contribution in [3.63, 3.8) is 0 Å². The van der Waals surface area contributed by atoms with E-state index in [-0.39, 0.29) is 18.3 Å². The molecule has 1 aliphatic rings. The molecule has 1 aromatic carbocycles. The third kappa shape index (κ3) is 4.39. The number of para-hydroxylation sites is 1. The molecule has 0 aliphatic carbocycles. The molecule has 1 aromatic rings. The molecule has 1 saturated heterocycles. The van der Waals surface area contributed by atoms with Crippen LogP contribution in [0.25, 0.3) is 0 Å². The lowest BCUT2D eigenvalue weighted by molar-refractivity contribution is -0.117. The van der Waals surface area contributed by atoms with E-state index in [4.69, 9.17) is 5.11 Å². The number of aliphatic hydroxyl groups is 1. The predicted octanol–water partition coefficient (Wildman–Crippen LogP) is 2.06. The van der Waals surface area contributed by atoms with Gasteiger partial charge in [-0.25, -0.2) is 0 Å². The first-order valence-corrected chi connectivity index (χ1v) is 7.86. The zero-order valence-electron chi connectivity index (χ0n) is 13.0. The first-order valence-electron chi connectivity index (χ1n) is 7.86. The number of nitrogens with zero attached hydrogens (tertiary/aromatic N) is 1. The summed E-state index contributed by atoms with van der Waals surface area (Å²) in [6.07, 6.45) is 3.87. The van der Waals surface area contributed by atoms with Crippen LogP contribution in [0.5, 0.6) is 0 Å². The van der Waals surface area contributed by atoms with E-state index in [2.05, 4.69) is 10.2 Å². The average Bonchev–Trinajstić information content (AvgIpc) is 2.92. The molecular formula is C17H24N2O3. The minimum Gasteiger partial charge on any atom is -0.396 e. The molecule has 1 fully saturated rings. The Morgan fingerprint density at radius 2 is 2.14 bits per heavy atom. The Morgan fingerprint density at radius 1 is 1.36 bits per heavy atom. The second-order valence-electron chi connectivity index (χ2n) is 5.78. The van der Waals surface area contributed by atoms with Crippen LogP contribution in [-0.4, -0.2) is 47.4 Å². The van der Waals surface area contributed by atoms with Crippen LogP contribution in [0.3, 0.4) is 0 Å². The van der Waals surface area contributed by atoms with Crippen LogP contribution < -0.4 is 5.32 Å². The van der Waals surface area contributed by atoms with Crippen LogP contribution in [0.1, 0.15) is 43.0 Å². The minimum atomic E-state index is -0.0930. The van der Waals surface area contributed by atoms with Gasteiger partial charge in [0.25, 0.3) is 0 Å². The Morgan fingerprint density at radius 3 is 2.86 bits per heavy atom. The summed E-state index contributed by atoms with van der Waals surface area (Å²) in [5.74, 6) is -0.150. The normalized spacial score (nSPS) is 18.4. The number of hydrogen-bond acceptors (Lipinski definition) is 4. The standard InChI is InChI=1S/C17H24N2O3/c1-13(21)15-8-2-3-9-16(15)18-17(22)12-19-10-4-6-14(19)7-5-11-20/h2-3,8-9,14,20H,4-7,10-12H2,1H3,(H,18,22). The molecule has 22 heavy (non-hydrogen) atoms. The number of carbonyl (C=O) groups excluding carboxylic acids is 2. The molecule has 1 aliphatic heterocycles. The van der Waals surface area contributed by atoms with Gasteiger partial charge in [-0.3, -0.25) is 14.5 Å². The van der Waals surface area contributed by atoms with E-state index in [1.165, 1.54) is 6.92 Å². The number of nitrogens with one attached hydrogen (secondary N) is 1. The largest absolute Gasteiger partial charge is 0.396 e. The lowest BCUT2D eigenvalue weighted by atomic mass is 10.1. The third-order valence-electron chi connectivity index (χ3n) is 4.12. The topological polar surface area (TPSA) is 69.6 Å². The van der Waals surface area contributed by atoms with E-state index in [1.54, 1.807) is 18.2 Å². The molecule has 1 amide bonds. The second kappa shape index (κ2) is 8.06. The van der Waals surface area contributed by atoms with Crippen LogP contribution in [0.2, 0.25) is 0 Å². The first-order chi connectivity index (χ1) is 10.6. The summed E-state index contributed by atoms with van der Waals surface area (Å²) in [5.41, 5.74) is 1.11. The molecule has 2 N–H and O–H groups in total. The number of rotatable bonds is 7. The van der Waals surface area contributed by atoms with Crippen LogP contribution >= 0.6 is 0 Å². The van der Waals surface area contributed by atoms with Crippen LogP contribution in [0, 0.1) is 0 Å². The van der Waals surface area contributed by atoms with Crippen molar-refractivity contribution in [3.05, 3.63) is 29.8 Å². The Balaban J connectivity index is 1.94. The van der Waals surface area contributed by atoms with Crippen molar-refractivity contribution in [2.45, 2.75) is 38.6 Å². The quantitative estimate of drug-likeness (QED) is 0.757. The fourth-order valence-electron chi connectivity index (χ4n) is 3.03. The van der Waals surface area contributed by atoms with Gasteiger partial charge < -0.3 is 10.4 Å². The van der Waals surface area contributed by atoms with Crippen LogP contribution in [0.4, 0.5) is 5.69 Å². The number of anilines is 1. The number of aliphatic hydroxyl groups excluding tert-OH is 1. The van der Waals surface area contributed by atoms with E-state index >= 15 is 0 Å². The summed E-state index contributed by atoms with van der Waals surface area (Å²) >= 11 is 0. The molecule has 120 valence electrons. The molecule has 0 spiro atoms. The van der Waals surface area contributed by atoms with Gasteiger partial charge >= 0.3 is 0 Å². The highest BCUT2D eigenvalue weighted by Crippen LogP contribution is 2.21. The zero-order valence-corrected chi connectivity index (χ0v) is 13.0. The summed E-state index contributed by atoms with van der Waals surface area (Å²) in [7, 11) is 0. The zero-order chi connectivity index (χ0) is 15.9. The van der Waals surface area contributed by atoms with Crippen molar-refractivity contribution in [1.29, 1.82) is 0 Å². The van der Waals surface area contributed by atoms with Gasteiger partial charge in [0.1, 0.15) is 0 Å². The van der Waals surface area contributed by atoms with E-state index in [1.807, 2.05) is 6.07 Å². The summed E-state index contributed by atoms with van der Waals surface area (Å²) < 4.78 is 0. The Labute approximate surface area is 131 Å². The molecule has 0 saturated carbocycles. The minimum absolute atomic E-state index is 0.0575. The smallest absolute Gasteiger partial charge is 0.238 e. The molecule has 0 aromatic heterocycles. The number of amides is 1. The van der Waals surface area contributed by atoms with Gasteiger partial charge in [-0.05, 0) is 51.3 Å². The van der Waals surface area contributed by atoms with Crippen molar-refractivity contribution in [1.82, 2.24) is 4.90 Å². The van der Waals surface area contributed by atoms with Crippen molar-refractivity contribution in [2.24, 2.45) is 0 Å². The van der Waals surface area contributed by atoms with Crippen LogP contribution in [0.15, 0.2) is 24.3 Å². The lowest BCUT2D eigenvalue weighted by Gasteiger charge is -2.23. The van der Waals surface area contributed by atoms with Crippen LogP contribution in [-0.2, 0) is 4.79 Å². The fourth-order valence-corrected chi connectivity index (χ4v) is 3.03. The number of likely N-dealkylation sites (tertiary alicyclic amines) is 1. The average molecular weight is 304 g/mol. The number of Topliss-reactive ketones (excluding diaryl/α,β-unsaturated/α-hetero) is 1. The first kappa shape index (κ1) is 16.6. The fraction of sp³-hybridized carbons (Fsp3) is 0.529. The summed E-state index contributed by atoms with van der Waals surface area (Å²) in [6, 6.07) is 7.44. The van der Waals surface area contributed by atoms with Gasteiger partial charge in [0, 0.05) is 18.2 Å². The lowest BCUT2D eigenvalue weighted by Crippen LogP contribution is -2.37. The third-order valence-corrected chi connectivity index (χ3v) is 4.12. The highest BCUT2D eigenvalue weighted by molar-refractivity contribution is 6.04. The Kier molecular flexibility index (Phi) is 6.10. The molecule has 1 unspecified atom stereocenters. The number of hydrogen-bond donors (Lipinski definition) is 2. The monoisotopic (exact) mass is 304 g/mol. The molecule has 5 heteroatoms. The number of ketones is 1. The van der Waals surface area contributed by atoms with Gasteiger partial charge in [0.2, 0.25) is 5.91 Å². The van der Waals surface area contributed by atoms with Crippen molar-refractivity contribution < 1.29 is 14.7 Å². The molecule has 5 nitrogen and oxygen atoms in total. The molecule has 0 bridgehead atoms. The number of benzene rings is 1. The SMILES string of the molecule is CC(=O)c1ccccc1NC(=O)CN1CCCC1CCCO. The van der Waals surface area contributed by atoms with Crippen molar-refractivity contribution >= 4 is 17.4 Å². The number of carbonyl (C=O) groups is 2. The highest BCUT2D eigenvalue weighted by Gasteiger charge is 2.25. The van der Waals surface area contributed by atoms with E-state index < -0.39 is 0 Å². The maximum absolute atomic E-state index is 12.2. The predicted molar refractivity (Wildman–Crippen MR) is 86.0 cm³/mol. The highest BCUT2D eigenvalue weighted by atomic mass is 16.3. The van der Waals surface area contributed by atoms with E-state index in [0.29, 0.717) is 23.8 Å². The van der Waals surface area contributed by atoms with Gasteiger partial charge in [0.05, 0.1) is 12.2 Å². The maximum Gasteiger partial charge on any atom is 0.238 e. The summed E-state index contributed by atoms with van der Waals surface area (Å²) in [4.78, 5) is 26.0. The summed E-state index contributed by atoms with van der Waals surface area (Å²) in [6.45, 7) is 2.94. The van der Waals surface area contributed by atoms with Gasteiger partial charge in [0.15, 0.2) is 5.78 Å². The van der Waals surface area contributed by atoms with Gasteiger partial charge in [-0.1, -0.05) is 12.1 Å². The van der Waals surface area contributed by atoms with E-state index in [9.17, 15) is 9.59 Å². The Hall–Kier alpha value is -1.72. The molecule has 1 heterocycles. The van der Waals surface area contributed by atoms with Crippen molar-refractivity contribution in [3.8, 4) is 0 Å². The molecule has 1 atom stereocenters. The van der Waals surface area contributed by atoms with Gasteiger partial charge in [-0.15, -0.1) is 0 Å². The van der Waals surface area contributed by atoms with Crippen molar-refractivity contribution in [2.75, 3.05) is 25.0 Å². The maximum atomic E-state index is 12.2. The Bertz CT molecular complexity index is 530. The summed E-state index contributed by atoms with van der Waals surface area (Å²) in [5, 5.41) is 11.8.